The number of ether oxygens (including phenoxy) is 2. The Balaban J connectivity index is 1.72. The standard InChI is InChI=1S/C15H19NO4/c17-13(11-5-7-19-10-11)9-16-6-8-20-14-4-2-1-3-12(14)15(16)18/h1-4,11,13,17H,5-10H2. The third kappa shape index (κ3) is 2.64. The fourth-order valence-corrected chi connectivity index (χ4v) is 2.71. The van der Waals surface area contributed by atoms with Crippen LogP contribution in [0.25, 0.3) is 0 Å². The van der Waals surface area contributed by atoms with E-state index >= 15 is 0 Å². The second-order valence-corrected chi connectivity index (χ2v) is 5.29. The van der Waals surface area contributed by atoms with E-state index in [0.717, 1.165) is 6.42 Å². The van der Waals surface area contributed by atoms with Crippen LogP contribution < -0.4 is 4.74 Å². The van der Waals surface area contributed by atoms with Crippen molar-refractivity contribution in [1.82, 2.24) is 4.90 Å². The zero-order valence-electron chi connectivity index (χ0n) is 11.3. The van der Waals surface area contributed by atoms with Crippen molar-refractivity contribution in [3.63, 3.8) is 0 Å². The molecule has 0 aliphatic carbocycles. The predicted octanol–water partition coefficient (Wildman–Crippen LogP) is 0.919. The van der Waals surface area contributed by atoms with Crippen LogP contribution in [-0.4, -0.2) is 54.9 Å². The first-order chi connectivity index (χ1) is 9.75. The lowest BCUT2D eigenvalue weighted by Gasteiger charge is -2.25. The first-order valence-corrected chi connectivity index (χ1v) is 7.02. The molecule has 5 nitrogen and oxygen atoms in total. The number of fused-ring (bicyclic) bond motifs is 1. The van der Waals surface area contributed by atoms with Gasteiger partial charge in [-0.3, -0.25) is 4.79 Å². The number of aliphatic hydroxyl groups is 1. The van der Waals surface area contributed by atoms with E-state index in [1.165, 1.54) is 0 Å². The SMILES string of the molecule is O=C1c2ccccc2OCCN1CC(O)C1CCOC1. The van der Waals surface area contributed by atoms with Crippen LogP contribution in [0.5, 0.6) is 5.75 Å². The quantitative estimate of drug-likeness (QED) is 0.892. The van der Waals surface area contributed by atoms with Crippen molar-refractivity contribution in [1.29, 1.82) is 0 Å². The molecule has 1 aromatic carbocycles. The Bertz CT molecular complexity index is 485. The third-order valence-electron chi connectivity index (χ3n) is 3.94. The fourth-order valence-electron chi connectivity index (χ4n) is 2.71. The van der Waals surface area contributed by atoms with Gasteiger partial charge in [0.05, 0.1) is 24.8 Å². The van der Waals surface area contributed by atoms with Gasteiger partial charge in [0.1, 0.15) is 12.4 Å². The maximum Gasteiger partial charge on any atom is 0.257 e. The first kappa shape index (κ1) is 13.4. The third-order valence-corrected chi connectivity index (χ3v) is 3.94. The molecule has 1 N–H and O–H groups in total. The van der Waals surface area contributed by atoms with Gasteiger partial charge < -0.3 is 19.5 Å². The van der Waals surface area contributed by atoms with E-state index in [9.17, 15) is 9.90 Å². The Kier molecular flexibility index (Phi) is 3.89. The van der Waals surface area contributed by atoms with Gasteiger partial charge in [0.25, 0.3) is 5.91 Å². The van der Waals surface area contributed by atoms with Gasteiger partial charge >= 0.3 is 0 Å². The van der Waals surface area contributed by atoms with Crippen LogP contribution in [0.3, 0.4) is 0 Å². The summed E-state index contributed by atoms with van der Waals surface area (Å²) in [5.41, 5.74) is 0.569. The molecule has 2 heterocycles. The Morgan fingerprint density at radius 1 is 1.35 bits per heavy atom. The zero-order valence-corrected chi connectivity index (χ0v) is 11.3. The van der Waals surface area contributed by atoms with Gasteiger partial charge in [0.15, 0.2) is 0 Å². The highest BCUT2D eigenvalue weighted by molar-refractivity contribution is 5.97. The summed E-state index contributed by atoms with van der Waals surface area (Å²) in [6, 6.07) is 7.25. The zero-order chi connectivity index (χ0) is 13.9. The molecule has 20 heavy (non-hydrogen) atoms. The minimum atomic E-state index is -0.535. The molecule has 2 unspecified atom stereocenters. The molecule has 2 aliphatic rings. The van der Waals surface area contributed by atoms with Crippen LogP contribution >= 0.6 is 0 Å². The molecule has 1 saturated heterocycles. The van der Waals surface area contributed by atoms with Crippen molar-refractivity contribution >= 4 is 5.91 Å². The highest BCUT2D eigenvalue weighted by atomic mass is 16.5. The van der Waals surface area contributed by atoms with Gasteiger partial charge in [-0.15, -0.1) is 0 Å². The van der Waals surface area contributed by atoms with E-state index in [0.29, 0.717) is 44.2 Å². The van der Waals surface area contributed by atoms with Gasteiger partial charge in [-0.05, 0) is 18.6 Å². The second kappa shape index (κ2) is 5.81. The molecule has 0 aromatic heterocycles. The number of hydrogen-bond donors (Lipinski definition) is 1. The molecule has 2 aliphatic heterocycles. The maximum absolute atomic E-state index is 12.5. The highest BCUT2D eigenvalue weighted by Gasteiger charge is 2.29. The van der Waals surface area contributed by atoms with Crippen LogP contribution in [-0.2, 0) is 4.74 Å². The molecule has 0 bridgehead atoms. The summed E-state index contributed by atoms with van der Waals surface area (Å²) in [6.07, 6.45) is 0.322. The van der Waals surface area contributed by atoms with Gasteiger partial charge in [-0.1, -0.05) is 12.1 Å². The highest BCUT2D eigenvalue weighted by Crippen LogP contribution is 2.24. The summed E-state index contributed by atoms with van der Waals surface area (Å²) >= 11 is 0. The van der Waals surface area contributed by atoms with Gasteiger partial charge in [-0.2, -0.15) is 0 Å². The molecule has 3 rings (SSSR count). The van der Waals surface area contributed by atoms with Gasteiger partial charge in [0, 0.05) is 19.1 Å². The number of β-amino-alcohol motifs (C(OH)–C–C–N with tert-alkyl or cyclic N) is 1. The maximum atomic E-state index is 12.5. The minimum absolute atomic E-state index is 0.0731. The van der Waals surface area contributed by atoms with Crippen molar-refractivity contribution in [2.75, 3.05) is 32.9 Å². The van der Waals surface area contributed by atoms with Crippen molar-refractivity contribution in [2.24, 2.45) is 5.92 Å². The molecule has 2 atom stereocenters. The fraction of sp³-hybridized carbons (Fsp3) is 0.533. The minimum Gasteiger partial charge on any atom is -0.491 e. The Morgan fingerprint density at radius 3 is 3.00 bits per heavy atom. The van der Waals surface area contributed by atoms with Crippen molar-refractivity contribution in [3.05, 3.63) is 29.8 Å². The Morgan fingerprint density at radius 2 is 2.20 bits per heavy atom. The van der Waals surface area contributed by atoms with Crippen molar-refractivity contribution in [3.8, 4) is 5.75 Å². The predicted molar refractivity (Wildman–Crippen MR) is 72.8 cm³/mol. The number of amides is 1. The summed E-state index contributed by atoms with van der Waals surface area (Å²) in [5.74, 6) is 0.678. The molecule has 0 spiro atoms. The van der Waals surface area contributed by atoms with Crippen LogP contribution in [0.2, 0.25) is 0 Å². The largest absolute Gasteiger partial charge is 0.491 e. The van der Waals surface area contributed by atoms with E-state index in [1.807, 2.05) is 12.1 Å². The van der Waals surface area contributed by atoms with E-state index in [1.54, 1.807) is 17.0 Å². The smallest absolute Gasteiger partial charge is 0.257 e. The molecular formula is C15H19NO4. The van der Waals surface area contributed by atoms with E-state index in [-0.39, 0.29) is 11.8 Å². The van der Waals surface area contributed by atoms with E-state index in [4.69, 9.17) is 9.47 Å². The molecule has 108 valence electrons. The molecule has 0 saturated carbocycles. The van der Waals surface area contributed by atoms with Crippen LogP contribution in [0.4, 0.5) is 0 Å². The number of aliphatic hydroxyl groups excluding tert-OH is 1. The number of rotatable bonds is 3. The van der Waals surface area contributed by atoms with Crippen LogP contribution in [0.15, 0.2) is 24.3 Å². The molecular weight excluding hydrogens is 258 g/mol. The lowest BCUT2D eigenvalue weighted by Crippen LogP contribution is -2.41. The topological polar surface area (TPSA) is 59.0 Å². The van der Waals surface area contributed by atoms with Crippen molar-refractivity contribution in [2.45, 2.75) is 12.5 Å². The van der Waals surface area contributed by atoms with Crippen molar-refractivity contribution < 1.29 is 19.4 Å². The van der Waals surface area contributed by atoms with Crippen LogP contribution in [0, 0.1) is 5.92 Å². The molecule has 0 radical (unpaired) electrons. The number of benzene rings is 1. The lowest BCUT2D eigenvalue weighted by molar-refractivity contribution is 0.0428. The first-order valence-electron chi connectivity index (χ1n) is 7.02. The second-order valence-electron chi connectivity index (χ2n) is 5.29. The summed E-state index contributed by atoms with van der Waals surface area (Å²) in [5, 5.41) is 10.2. The molecule has 1 amide bonds. The number of carbonyl (C=O) groups excluding carboxylic acids is 1. The monoisotopic (exact) mass is 277 g/mol. The van der Waals surface area contributed by atoms with Gasteiger partial charge in [0.2, 0.25) is 0 Å². The summed E-state index contributed by atoms with van der Waals surface area (Å²) in [7, 11) is 0. The van der Waals surface area contributed by atoms with E-state index < -0.39 is 6.10 Å². The Hall–Kier alpha value is -1.59. The summed E-state index contributed by atoms with van der Waals surface area (Å²) in [6.45, 7) is 2.57. The number of carbonyl (C=O) groups is 1. The average molecular weight is 277 g/mol. The molecule has 1 aromatic rings. The summed E-state index contributed by atoms with van der Waals surface area (Å²) in [4.78, 5) is 14.2. The van der Waals surface area contributed by atoms with E-state index in [2.05, 4.69) is 0 Å². The summed E-state index contributed by atoms with van der Waals surface area (Å²) < 4.78 is 10.9. The average Bonchev–Trinajstić information content (AvgIpc) is 2.95. The van der Waals surface area contributed by atoms with Crippen LogP contribution in [0.1, 0.15) is 16.8 Å². The number of para-hydroxylation sites is 1. The van der Waals surface area contributed by atoms with Gasteiger partial charge in [-0.25, -0.2) is 0 Å². The lowest BCUT2D eigenvalue weighted by atomic mass is 10.0. The normalized spacial score (nSPS) is 23.9. The molecule has 5 heteroatoms. The molecule has 1 fully saturated rings. The number of hydrogen-bond acceptors (Lipinski definition) is 4. The number of nitrogens with zero attached hydrogens (tertiary/aromatic N) is 1. The Labute approximate surface area is 118 Å².